The summed E-state index contributed by atoms with van der Waals surface area (Å²) in [6.07, 6.45) is 3.68. The summed E-state index contributed by atoms with van der Waals surface area (Å²) in [6, 6.07) is 4.64. The Morgan fingerprint density at radius 2 is 1.96 bits per heavy atom. The first-order valence-electron chi connectivity index (χ1n) is 7.81. The van der Waals surface area contributed by atoms with Crippen LogP contribution in [0.3, 0.4) is 0 Å². The van der Waals surface area contributed by atoms with Crippen LogP contribution in [0, 0.1) is 6.92 Å². The highest BCUT2D eigenvalue weighted by Gasteiger charge is 2.23. The van der Waals surface area contributed by atoms with Gasteiger partial charge in [0.2, 0.25) is 5.91 Å². The van der Waals surface area contributed by atoms with Crippen molar-refractivity contribution >= 4 is 39.9 Å². The van der Waals surface area contributed by atoms with Crippen molar-refractivity contribution in [3.05, 3.63) is 27.7 Å². The molecule has 0 radical (unpaired) electrons. The van der Waals surface area contributed by atoms with Gasteiger partial charge in [-0.1, -0.05) is 6.07 Å². The van der Waals surface area contributed by atoms with Gasteiger partial charge >= 0.3 is 0 Å². The van der Waals surface area contributed by atoms with Crippen molar-refractivity contribution in [3.63, 3.8) is 0 Å². The van der Waals surface area contributed by atoms with E-state index in [0.29, 0.717) is 6.04 Å². The van der Waals surface area contributed by atoms with Gasteiger partial charge in [-0.3, -0.25) is 9.69 Å². The summed E-state index contributed by atoms with van der Waals surface area (Å²) in [4.78, 5) is 13.8. The maximum atomic E-state index is 11.5. The van der Waals surface area contributed by atoms with Gasteiger partial charge in [0.15, 0.2) is 0 Å². The number of nitrogens with zero attached hydrogens (tertiary/aromatic N) is 1. The Morgan fingerprint density at radius 3 is 2.52 bits per heavy atom. The molecular formula is C17H26BrClN2O2. The second kappa shape index (κ2) is 9.02. The number of rotatable bonds is 4. The maximum absolute atomic E-state index is 11.5. The zero-order chi connectivity index (χ0) is 16.3. The van der Waals surface area contributed by atoms with E-state index in [4.69, 9.17) is 0 Å². The van der Waals surface area contributed by atoms with E-state index in [0.717, 1.165) is 48.0 Å². The molecule has 0 bridgehead atoms. The predicted octanol–water partition coefficient (Wildman–Crippen LogP) is 3.87. The number of amides is 1. The summed E-state index contributed by atoms with van der Waals surface area (Å²) < 4.78 is 0.921. The van der Waals surface area contributed by atoms with Crippen LogP contribution in [0.1, 0.15) is 43.7 Å². The van der Waals surface area contributed by atoms with E-state index in [1.807, 2.05) is 6.07 Å². The maximum Gasteiger partial charge on any atom is 0.221 e. The highest BCUT2D eigenvalue weighted by Crippen LogP contribution is 2.31. The number of anilines is 1. The van der Waals surface area contributed by atoms with Gasteiger partial charge in [0.1, 0.15) is 0 Å². The molecule has 0 aromatic heterocycles. The molecule has 2 N–H and O–H groups in total. The molecule has 23 heavy (non-hydrogen) atoms. The Labute approximate surface area is 153 Å². The second-order valence-corrected chi connectivity index (χ2v) is 7.19. The Morgan fingerprint density at radius 1 is 1.35 bits per heavy atom. The number of nitrogens with one attached hydrogen (secondary N) is 1. The summed E-state index contributed by atoms with van der Waals surface area (Å²) in [6.45, 7) is 4.38. The number of carbonyl (C=O) groups excluding carboxylic acids is 1. The van der Waals surface area contributed by atoms with Crippen LogP contribution in [-0.4, -0.2) is 35.1 Å². The molecule has 1 saturated carbocycles. The molecule has 1 fully saturated rings. The number of aliphatic hydroxyl groups is 1. The van der Waals surface area contributed by atoms with Crippen LogP contribution in [0.15, 0.2) is 16.6 Å². The zero-order valence-electron chi connectivity index (χ0n) is 13.9. The Balaban J connectivity index is 0.00000264. The minimum absolute atomic E-state index is 0. The van der Waals surface area contributed by atoms with E-state index < -0.39 is 0 Å². The molecule has 2 rings (SSSR count). The minimum Gasteiger partial charge on any atom is -0.393 e. The number of benzene rings is 1. The van der Waals surface area contributed by atoms with Gasteiger partial charge in [-0.15, -0.1) is 12.4 Å². The first kappa shape index (κ1) is 20.4. The molecule has 0 aliphatic heterocycles. The number of hydrogen-bond donors (Lipinski definition) is 2. The van der Waals surface area contributed by atoms with Gasteiger partial charge in [0, 0.05) is 24.0 Å². The van der Waals surface area contributed by atoms with Gasteiger partial charge in [0.05, 0.1) is 11.8 Å². The topological polar surface area (TPSA) is 52.6 Å². The summed E-state index contributed by atoms with van der Waals surface area (Å²) >= 11 is 3.55. The van der Waals surface area contributed by atoms with Crippen LogP contribution in [0.4, 0.5) is 5.69 Å². The first-order chi connectivity index (χ1) is 10.4. The third-order valence-electron chi connectivity index (χ3n) is 4.33. The highest BCUT2D eigenvalue weighted by molar-refractivity contribution is 9.10. The van der Waals surface area contributed by atoms with Gasteiger partial charge in [-0.25, -0.2) is 0 Å². The van der Waals surface area contributed by atoms with Crippen LogP contribution >= 0.6 is 28.3 Å². The lowest BCUT2D eigenvalue weighted by Crippen LogP contribution is -2.36. The largest absolute Gasteiger partial charge is 0.393 e. The Kier molecular flexibility index (Phi) is 8.01. The number of hydrogen-bond acceptors (Lipinski definition) is 3. The number of halogens is 2. The lowest BCUT2D eigenvalue weighted by Gasteiger charge is -2.33. The van der Waals surface area contributed by atoms with Gasteiger partial charge < -0.3 is 10.4 Å². The molecule has 1 aromatic rings. The van der Waals surface area contributed by atoms with E-state index in [-0.39, 0.29) is 24.4 Å². The van der Waals surface area contributed by atoms with E-state index in [2.05, 4.69) is 46.2 Å². The van der Waals surface area contributed by atoms with E-state index in [9.17, 15) is 9.90 Å². The van der Waals surface area contributed by atoms with Gasteiger partial charge in [-0.2, -0.15) is 0 Å². The van der Waals surface area contributed by atoms with Crippen LogP contribution in [0.25, 0.3) is 0 Å². The summed E-state index contributed by atoms with van der Waals surface area (Å²) in [7, 11) is 2.12. The molecule has 130 valence electrons. The Bertz CT molecular complexity index is 546. The predicted molar refractivity (Wildman–Crippen MR) is 100 cm³/mol. The fraction of sp³-hybridized carbons (Fsp3) is 0.588. The SMILES string of the molecule is CC(=O)Nc1c(Br)cc(C)cc1CN(C)C1CCC(O)CC1.Cl. The van der Waals surface area contributed by atoms with Crippen LogP contribution in [-0.2, 0) is 11.3 Å². The third-order valence-corrected chi connectivity index (χ3v) is 4.95. The molecule has 0 spiro atoms. The lowest BCUT2D eigenvalue weighted by atomic mass is 9.92. The molecule has 1 aliphatic rings. The molecule has 0 unspecified atom stereocenters. The van der Waals surface area contributed by atoms with Crippen molar-refractivity contribution in [2.45, 2.75) is 58.2 Å². The highest BCUT2D eigenvalue weighted by atomic mass is 79.9. The Hall–Kier alpha value is -0.620. The van der Waals surface area contributed by atoms with Gasteiger partial charge in [0.25, 0.3) is 0 Å². The van der Waals surface area contributed by atoms with E-state index >= 15 is 0 Å². The molecule has 1 amide bonds. The quantitative estimate of drug-likeness (QED) is 0.799. The van der Waals surface area contributed by atoms with Crippen molar-refractivity contribution < 1.29 is 9.90 Å². The van der Waals surface area contributed by atoms with E-state index in [1.165, 1.54) is 12.5 Å². The average molecular weight is 406 g/mol. The molecule has 0 saturated heterocycles. The van der Waals surface area contributed by atoms with Crippen LogP contribution in [0.2, 0.25) is 0 Å². The molecule has 1 aliphatic carbocycles. The van der Waals surface area contributed by atoms with Crippen LogP contribution in [0.5, 0.6) is 0 Å². The monoisotopic (exact) mass is 404 g/mol. The minimum atomic E-state index is -0.132. The standard InChI is InChI=1S/C17H25BrN2O2.ClH/c1-11-8-13(17(16(18)9-11)19-12(2)21)10-20(3)14-4-6-15(22)7-5-14;/h8-9,14-15,22H,4-7,10H2,1-3H3,(H,19,21);1H. The number of aryl methyl sites for hydroxylation is 1. The van der Waals surface area contributed by atoms with Crippen molar-refractivity contribution in [2.24, 2.45) is 0 Å². The molecular weight excluding hydrogens is 380 g/mol. The van der Waals surface area contributed by atoms with Crippen molar-refractivity contribution in [1.82, 2.24) is 4.90 Å². The van der Waals surface area contributed by atoms with Crippen molar-refractivity contribution in [1.29, 1.82) is 0 Å². The van der Waals surface area contributed by atoms with Gasteiger partial charge in [-0.05, 0) is 72.8 Å². The smallest absolute Gasteiger partial charge is 0.221 e. The van der Waals surface area contributed by atoms with Crippen LogP contribution < -0.4 is 5.32 Å². The molecule has 4 nitrogen and oxygen atoms in total. The van der Waals surface area contributed by atoms with E-state index in [1.54, 1.807) is 0 Å². The summed E-state index contributed by atoms with van der Waals surface area (Å²) in [5.41, 5.74) is 3.15. The first-order valence-corrected chi connectivity index (χ1v) is 8.61. The molecule has 1 aromatic carbocycles. The zero-order valence-corrected chi connectivity index (χ0v) is 16.3. The number of carbonyl (C=O) groups is 1. The fourth-order valence-corrected chi connectivity index (χ4v) is 3.87. The van der Waals surface area contributed by atoms with Crippen molar-refractivity contribution in [3.8, 4) is 0 Å². The molecule has 6 heteroatoms. The van der Waals surface area contributed by atoms with Crippen molar-refractivity contribution in [2.75, 3.05) is 12.4 Å². The average Bonchev–Trinajstić information content (AvgIpc) is 2.43. The lowest BCUT2D eigenvalue weighted by molar-refractivity contribution is -0.114. The fourth-order valence-electron chi connectivity index (χ4n) is 3.15. The second-order valence-electron chi connectivity index (χ2n) is 6.34. The normalized spacial score (nSPS) is 21.0. The molecule has 0 atom stereocenters. The number of aliphatic hydroxyl groups excluding tert-OH is 1. The molecule has 0 heterocycles. The third kappa shape index (κ3) is 5.75. The summed E-state index contributed by atoms with van der Waals surface area (Å²) in [5.74, 6) is -0.0609. The summed E-state index contributed by atoms with van der Waals surface area (Å²) in [5, 5.41) is 12.6.